The van der Waals surface area contributed by atoms with E-state index in [0.717, 1.165) is 23.7 Å². The largest absolute Gasteiger partial charge is 0.307 e. The Labute approximate surface area is 106 Å². The van der Waals surface area contributed by atoms with Gasteiger partial charge in [0.15, 0.2) is 0 Å². The van der Waals surface area contributed by atoms with Gasteiger partial charge in [-0.25, -0.2) is 0 Å². The molecule has 0 heterocycles. The number of allylic oxidation sites excluding steroid dienone is 2. The first kappa shape index (κ1) is 12.9. The van der Waals surface area contributed by atoms with Crippen LogP contribution in [-0.2, 0) is 4.79 Å². The maximum absolute atomic E-state index is 8.00. The highest BCUT2D eigenvalue weighted by Gasteiger charge is 2.57. The van der Waals surface area contributed by atoms with Crippen molar-refractivity contribution in [3.05, 3.63) is 11.1 Å². The third kappa shape index (κ3) is 1.78. The number of rotatable bonds is 0. The average Bonchev–Trinajstić information content (AvgIpc) is 2.32. The van der Waals surface area contributed by atoms with Crippen molar-refractivity contribution in [3.8, 4) is 0 Å². The van der Waals surface area contributed by atoms with Crippen LogP contribution in [0, 0.1) is 29.1 Å². The molecule has 0 aromatic rings. The molecule has 3 saturated carbocycles. The molecule has 0 amide bonds. The first-order valence-corrected chi connectivity index (χ1v) is 6.94. The highest BCUT2D eigenvalue weighted by molar-refractivity contribution is 5.20. The van der Waals surface area contributed by atoms with Gasteiger partial charge in [0.2, 0.25) is 0 Å². The molecule has 4 aliphatic carbocycles. The Balaban J connectivity index is 0.000000514. The molecule has 96 valence electrons. The molecule has 0 aromatic carbocycles. The van der Waals surface area contributed by atoms with Gasteiger partial charge in [0.05, 0.1) is 0 Å². The number of carbonyl (C=O) groups excluding carboxylic acids is 1. The Morgan fingerprint density at radius 2 is 1.65 bits per heavy atom. The van der Waals surface area contributed by atoms with Crippen LogP contribution < -0.4 is 0 Å². The van der Waals surface area contributed by atoms with Crippen molar-refractivity contribution in [2.75, 3.05) is 0 Å². The van der Waals surface area contributed by atoms with Crippen molar-refractivity contribution < 1.29 is 4.79 Å². The fraction of sp³-hybridized carbons (Fsp3) is 0.812. The van der Waals surface area contributed by atoms with E-state index in [9.17, 15) is 0 Å². The molecule has 0 radical (unpaired) electrons. The molecule has 4 atom stereocenters. The molecule has 4 unspecified atom stereocenters. The molecule has 0 spiro atoms. The zero-order valence-electron chi connectivity index (χ0n) is 11.8. The molecule has 4 rings (SSSR count). The van der Waals surface area contributed by atoms with Crippen LogP contribution >= 0.6 is 0 Å². The van der Waals surface area contributed by atoms with E-state index in [1.807, 2.05) is 6.79 Å². The van der Waals surface area contributed by atoms with E-state index in [1.165, 1.54) is 19.3 Å². The molecule has 0 saturated heterocycles. The summed E-state index contributed by atoms with van der Waals surface area (Å²) in [5.74, 6) is 4.18. The van der Waals surface area contributed by atoms with Gasteiger partial charge in [0.25, 0.3) is 0 Å². The fourth-order valence-electron chi connectivity index (χ4n) is 4.69. The summed E-state index contributed by atoms with van der Waals surface area (Å²) in [6.07, 6.45) is 5.90. The highest BCUT2D eigenvalue weighted by atomic mass is 16.1. The van der Waals surface area contributed by atoms with Crippen molar-refractivity contribution in [2.24, 2.45) is 29.1 Å². The maximum Gasteiger partial charge on any atom is 0.106 e. The van der Waals surface area contributed by atoms with Crippen molar-refractivity contribution in [1.29, 1.82) is 0 Å². The summed E-state index contributed by atoms with van der Waals surface area (Å²) in [5, 5.41) is 0. The molecule has 1 nitrogen and oxygen atoms in total. The van der Waals surface area contributed by atoms with Crippen LogP contribution in [0.4, 0.5) is 0 Å². The van der Waals surface area contributed by atoms with Gasteiger partial charge >= 0.3 is 0 Å². The molecule has 17 heavy (non-hydrogen) atoms. The van der Waals surface area contributed by atoms with E-state index in [1.54, 1.807) is 17.6 Å². The zero-order valence-corrected chi connectivity index (χ0v) is 11.8. The van der Waals surface area contributed by atoms with Gasteiger partial charge in [0, 0.05) is 0 Å². The van der Waals surface area contributed by atoms with Crippen LogP contribution in [0.5, 0.6) is 0 Å². The van der Waals surface area contributed by atoms with Gasteiger partial charge in [-0.1, -0.05) is 25.0 Å². The fourth-order valence-corrected chi connectivity index (χ4v) is 4.69. The molecule has 2 bridgehead atoms. The second-order valence-corrected chi connectivity index (χ2v) is 6.99. The summed E-state index contributed by atoms with van der Waals surface area (Å²) < 4.78 is 0. The molecule has 0 aliphatic heterocycles. The van der Waals surface area contributed by atoms with Crippen molar-refractivity contribution in [1.82, 2.24) is 0 Å². The Hall–Kier alpha value is -0.590. The normalized spacial score (nSPS) is 41.9. The second kappa shape index (κ2) is 4.26. The number of carbonyl (C=O) groups is 1. The SMILES string of the molecule is C=O.CC1=C(C)CC2C(C1)CC1CC2C1(C)C. The lowest BCUT2D eigenvalue weighted by atomic mass is 9.41. The molecule has 0 N–H and O–H groups in total. The molecular formula is C16H26O. The van der Waals surface area contributed by atoms with Crippen molar-refractivity contribution >= 4 is 6.79 Å². The number of hydrogen-bond acceptors (Lipinski definition) is 1. The lowest BCUT2D eigenvalue weighted by Crippen LogP contribution is -2.56. The Morgan fingerprint density at radius 1 is 1.06 bits per heavy atom. The quantitative estimate of drug-likeness (QED) is 0.573. The smallest absolute Gasteiger partial charge is 0.106 e. The predicted molar refractivity (Wildman–Crippen MR) is 71.7 cm³/mol. The lowest BCUT2D eigenvalue weighted by molar-refractivity contribution is -0.136. The Morgan fingerprint density at radius 3 is 2.24 bits per heavy atom. The van der Waals surface area contributed by atoms with Gasteiger partial charge in [-0.15, -0.1) is 0 Å². The van der Waals surface area contributed by atoms with Gasteiger partial charge < -0.3 is 4.79 Å². The van der Waals surface area contributed by atoms with E-state index >= 15 is 0 Å². The third-order valence-electron chi connectivity index (χ3n) is 6.09. The van der Waals surface area contributed by atoms with E-state index in [-0.39, 0.29) is 0 Å². The van der Waals surface area contributed by atoms with Crippen LogP contribution in [0.25, 0.3) is 0 Å². The van der Waals surface area contributed by atoms with Crippen LogP contribution in [0.2, 0.25) is 0 Å². The van der Waals surface area contributed by atoms with E-state index in [0.29, 0.717) is 5.41 Å². The van der Waals surface area contributed by atoms with E-state index in [4.69, 9.17) is 4.79 Å². The minimum atomic E-state index is 0.673. The Bertz CT molecular complexity index is 339. The van der Waals surface area contributed by atoms with Crippen LogP contribution in [-0.4, -0.2) is 6.79 Å². The van der Waals surface area contributed by atoms with Crippen LogP contribution in [0.3, 0.4) is 0 Å². The second-order valence-electron chi connectivity index (χ2n) is 6.99. The van der Waals surface area contributed by atoms with Crippen LogP contribution in [0.1, 0.15) is 53.4 Å². The minimum Gasteiger partial charge on any atom is -0.307 e. The average molecular weight is 234 g/mol. The molecular weight excluding hydrogens is 208 g/mol. The lowest BCUT2D eigenvalue weighted by Gasteiger charge is -2.64. The van der Waals surface area contributed by atoms with E-state index < -0.39 is 0 Å². The first-order valence-electron chi connectivity index (χ1n) is 6.94. The van der Waals surface area contributed by atoms with Gasteiger partial charge in [0.1, 0.15) is 6.79 Å². The predicted octanol–water partition coefficient (Wildman–Crippen LogP) is 4.23. The van der Waals surface area contributed by atoms with E-state index in [2.05, 4.69) is 27.7 Å². The van der Waals surface area contributed by atoms with Crippen LogP contribution in [0.15, 0.2) is 11.1 Å². The first-order chi connectivity index (χ1) is 8.00. The summed E-state index contributed by atoms with van der Waals surface area (Å²) >= 11 is 0. The highest BCUT2D eigenvalue weighted by Crippen LogP contribution is 2.65. The Kier molecular flexibility index (Phi) is 3.22. The molecule has 4 aliphatic rings. The summed E-state index contributed by atoms with van der Waals surface area (Å²) in [6.45, 7) is 11.8. The number of hydrogen-bond donors (Lipinski definition) is 0. The molecule has 1 heteroatoms. The molecule has 3 fully saturated rings. The van der Waals surface area contributed by atoms with Gasteiger partial charge in [-0.05, 0) is 68.6 Å². The summed E-state index contributed by atoms with van der Waals surface area (Å²) in [7, 11) is 0. The van der Waals surface area contributed by atoms with Crippen molar-refractivity contribution in [3.63, 3.8) is 0 Å². The topological polar surface area (TPSA) is 17.1 Å². The summed E-state index contributed by atoms with van der Waals surface area (Å²) in [4.78, 5) is 8.00. The summed E-state index contributed by atoms with van der Waals surface area (Å²) in [5.41, 5.74) is 4.08. The van der Waals surface area contributed by atoms with Gasteiger partial charge in [-0.2, -0.15) is 0 Å². The third-order valence-corrected chi connectivity index (χ3v) is 6.09. The standard InChI is InChI=1S/C15H24.CH2O/c1-9-5-11-7-12-8-14(15(12,3)4)13(11)6-10(9)2;1-2/h11-14H,5-8H2,1-4H3;1H2. The summed E-state index contributed by atoms with van der Waals surface area (Å²) in [6, 6.07) is 0. The van der Waals surface area contributed by atoms with Crippen molar-refractivity contribution in [2.45, 2.75) is 53.4 Å². The minimum absolute atomic E-state index is 0.673. The maximum atomic E-state index is 8.00. The monoisotopic (exact) mass is 234 g/mol. The van der Waals surface area contributed by atoms with Gasteiger partial charge in [-0.3, -0.25) is 0 Å². The zero-order chi connectivity index (χ0) is 12.8. The molecule has 0 aromatic heterocycles.